The van der Waals surface area contributed by atoms with Crippen LogP contribution < -0.4 is 4.74 Å². The molecule has 0 bridgehead atoms. The first-order valence-corrected chi connectivity index (χ1v) is 7.51. The van der Waals surface area contributed by atoms with Gasteiger partial charge in [-0.15, -0.1) is 0 Å². The number of benzene rings is 2. The number of carbonyl (C=O) groups excluding carboxylic acids is 1. The van der Waals surface area contributed by atoms with Crippen molar-refractivity contribution in [1.29, 1.82) is 0 Å². The summed E-state index contributed by atoms with van der Waals surface area (Å²) in [4.78, 5) is 16.4. The lowest BCUT2D eigenvalue weighted by Crippen LogP contribution is -2.10. The molecule has 3 rings (SSSR count). The van der Waals surface area contributed by atoms with Gasteiger partial charge in [0.2, 0.25) is 0 Å². The molecule has 3 aromatic rings. The lowest BCUT2D eigenvalue weighted by atomic mass is 10.1. The highest BCUT2D eigenvalue weighted by Gasteiger charge is 2.20. The fraction of sp³-hybridized carbons (Fsp3) is 0.158. The van der Waals surface area contributed by atoms with E-state index in [2.05, 4.69) is 4.98 Å². The number of phenols is 1. The molecule has 0 aliphatic rings. The van der Waals surface area contributed by atoms with E-state index in [-0.39, 0.29) is 11.3 Å². The van der Waals surface area contributed by atoms with Crippen molar-refractivity contribution in [3.63, 3.8) is 0 Å². The van der Waals surface area contributed by atoms with E-state index in [1.54, 1.807) is 43.6 Å². The maximum atomic E-state index is 12.5. The molecule has 0 aliphatic carbocycles. The minimum Gasteiger partial charge on any atom is -0.506 e. The smallest absolute Gasteiger partial charge is 0.342 e. The van der Waals surface area contributed by atoms with Crippen LogP contribution in [0.5, 0.6) is 11.5 Å². The first-order valence-electron chi connectivity index (χ1n) is 7.51. The highest BCUT2D eigenvalue weighted by Crippen LogP contribution is 2.31. The third-order valence-electron chi connectivity index (χ3n) is 3.88. The average Bonchev–Trinajstić information content (AvgIpc) is 2.62. The van der Waals surface area contributed by atoms with Crippen LogP contribution in [0.1, 0.15) is 28.9 Å². The molecule has 2 aromatic carbocycles. The molecule has 24 heavy (non-hydrogen) atoms. The summed E-state index contributed by atoms with van der Waals surface area (Å²) in [6, 6.07) is 12.4. The Morgan fingerprint density at radius 1 is 1.17 bits per heavy atom. The van der Waals surface area contributed by atoms with Crippen molar-refractivity contribution in [2.75, 3.05) is 7.11 Å². The zero-order valence-corrected chi connectivity index (χ0v) is 13.4. The molecule has 0 spiro atoms. The fourth-order valence-corrected chi connectivity index (χ4v) is 2.60. The van der Waals surface area contributed by atoms with Gasteiger partial charge in [-0.25, -0.2) is 4.79 Å². The summed E-state index contributed by atoms with van der Waals surface area (Å²) < 4.78 is 10.7. The second kappa shape index (κ2) is 6.58. The number of hydrogen-bond acceptors (Lipinski definition) is 5. The number of aromatic hydroxyl groups is 1. The molecule has 1 aromatic heterocycles. The van der Waals surface area contributed by atoms with Crippen LogP contribution in [0.2, 0.25) is 0 Å². The molecule has 0 unspecified atom stereocenters. The van der Waals surface area contributed by atoms with Crippen LogP contribution in [0.3, 0.4) is 0 Å². The van der Waals surface area contributed by atoms with Gasteiger partial charge in [0.1, 0.15) is 23.2 Å². The lowest BCUT2D eigenvalue weighted by molar-refractivity contribution is 0.0330. The molecule has 5 heteroatoms. The van der Waals surface area contributed by atoms with Crippen molar-refractivity contribution in [2.24, 2.45) is 0 Å². The monoisotopic (exact) mass is 323 g/mol. The Morgan fingerprint density at radius 2 is 1.96 bits per heavy atom. The van der Waals surface area contributed by atoms with Gasteiger partial charge in [-0.1, -0.05) is 30.3 Å². The van der Waals surface area contributed by atoms with Gasteiger partial charge in [0.05, 0.1) is 13.3 Å². The molecule has 0 saturated carbocycles. The summed E-state index contributed by atoms with van der Waals surface area (Å²) in [6.07, 6.45) is 2.63. The first-order chi connectivity index (χ1) is 11.6. The molecular weight excluding hydrogens is 306 g/mol. The standard InChI is InChI=1S/C19H17NO4/c1-12(14-9-10-20-11-17(14)23-2)24-19(22)16-8-7-13-5-3-4-6-15(13)18(16)21/h3-12,21H,1-2H3/t12-/m0/s1. The van der Waals surface area contributed by atoms with Gasteiger partial charge in [0.25, 0.3) is 0 Å². The molecule has 1 N–H and O–H groups in total. The molecule has 0 saturated heterocycles. The van der Waals surface area contributed by atoms with E-state index < -0.39 is 12.1 Å². The molecule has 0 radical (unpaired) electrons. The number of nitrogens with zero attached hydrogens (tertiary/aromatic N) is 1. The Kier molecular flexibility index (Phi) is 4.33. The van der Waals surface area contributed by atoms with Crippen LogP contribution in [-0.4, -0.2) is 23.2 Å². The van der Waals surface area contributed by atoms with Crippen LogP contribution in [0, 0.1) is 0 Å². The number of rotatable bonds is 4. The highest BCUT2D eigenvalue weighted by molar-refractivity contribution is 6.01. The topological polar surface area (TPSA) is 68.7 Å². The quantitative estimate of drug-likeness (QED) is 0.738. The second-order valence-electron chi connectivity index (χ2n) is 5.35. The summed E-state index contributed by atoms with van der Waals surface area (Å²) in [5, 5.41) is 11.8. The summed E-state index contributed by atoms with van der Waals surface area (Å²) in [7, 11) is 1.53. The fourth-order valence-electron chi connectivity index (χ4n) is 2.60. The molecule has 122 valence electrons. The maximum Gasteiger partial charge on any atom is 0.342 e. The second-order valence-corrected chi connectivity index (χ2v) is 5.35. The highest BCUT2D eigenvalue weighted by atomic mass is 16.5. The van der Waals surface area contributed by atoms with E-state index in [0.717, 1.165) is 5.39 Å². The predicted octanol–water partition coefficient (Wildman–Crippen LogP) is 3.87. The largest absolute Gasteiger partial charge is 0.506 e. The molecule has 0 aliphatic heterocycles. The normalized spacial score (nSPS) is 11.9. The van der Waals surface area contributed by atoms with Gasteiger partial charge in [0.15, 0.2) is 0 Å². The van der Waals surface area contributed by atoms with E-state index in [1.165, 1.54) is 7.11 Å². The van der Waals surface area contributed by atoms with Gasteiger partial charge in [-0.05, 0) is 24.4 Å². The average molecular weight is 323 g/mol. The van der Waals surface area contributed by atoms with Gasteiger partial charge < -0.3 is 14.6 Å². The summed E-state index contributed by atoms with van der Waals surface area (Å²) in [5.41, 5.74) is 0.842. The van der Waals surface area contributed by atoms with Gasteiger partial charge in [-0.3, -0.25) is 4.98 Å². The van der Waals surface area contributed by atoms with Gasteiger partial charge in [0, 0.05) is 17.1 Å². The number of fused-ring (bicyclic) bond motifs is 1. The molecule has 1 atom stereocenters. The number of methoxy groups -OCH3 is 1. The summed E-state index contributed by atoms with van der Waals surface area (Å²) >= 11 is 0. The zero-order chi connectivity index (χ0) is 17.1. The third-order valence-corrected chi connectivity index (χ3v) is 3.88. The van der Waals surface area contributed by atoms with E-state index in [1.807, 2.05) is 18.2 Å². The number of aromatic nitrogens is 1. The van der Waals surface area contributed by atoms with E-state index in [9.17, 15) is 9.90 Å². The number of ether oxygens (including phenoxy) is 2. The summed E-state index contributed by atoms with van der Waals surface area (Å²) in [5.74, 6) is -0.128. The number of hydrogen-bond donors (Lipinski definition) is 1. The van der Waals surface area contributed by atoms with Crippen molar-refractivity contribution in [3.05, 3.63) is 66.0 Å². The van der Waals surface area contributed by atoms with Crippen molar-refractivity contribution in [2.45, 2.75) is 13.0 Å². The SMILES string of the molecule is COc1cnccc1[C@H](C)OC(=O)c1ccc2ccccc2c1O. The molecule has 1 heterocycles. The molecule has 0 amide bonds. The van der Waals surface area contributed by atoms with Crippen molar-refractivity contribution < 1.29 is 19.4 Å². The number of carbonyl (C=O) groups is 1. The Bertz CT molecular complexity index is 891. The van der Waals surface area contributed by atoms with E-state index >= 15 is 0 Å². The zero-order valence-electron chi connectivity index (χ0n) is 13.4. The number of pyridine rings is 1. The maximum absolute atomic E-state index is 12.5. The van der Waals surface area contributed by atoms with Crippen molar-refractivity contribution in [1.82, 2.24) is 4.98 Å². The van der Waals surface area contributed by atoms with Crippen LogP contribution in [0.15, 0.2) is 54.9 Å². The van der Waals surface area contributed by atoms with Crippen LogP contribution in [0.25, 0.3) is 10.8 Å². The molecule has 5 nitrogen and oxygen atoms in total. The van der Waals surface area contributed by atoms with Crippen LogP contribution in [0.4, 0.5) is 0 Å². The van der Waals surface area contributed by atoms with E-state index in [4.69, 9.17) is 9.47 Å². The van der Waals surface area contributed by atoms with Gasteiger partial charge in [-0.2, -0.15) is 0 Å². The Morgan fingerprint density at radius 3 is 2.75 bits per heavy atom. The molecular formula is C19H17NO4. The Labute approximate surface area is 139 Å². The first kappa shape index (κ1) is 15.8. The third kappa shape index (κ3) is 2.88. The van der Waals surface area contributed by atoms with Crippen molar-refractivity contribution >= 4 is 16.7 Å². The van der Waals surface area contributed by atoms with E-state index in [0.29, 0.717) is 16.7 Å². The minimum atomic E-state index is -0.593. The Balaban J connectivity index is 1.88. The Hall–Kier alpha value is -3.08. The lowest BCUT2D eigenvalue weighted by Gasteiger charge is -2.16. The number of phenolic OH excluding ortho intramolecular Hbond substituents is 1. The van der Waals surface area contributed by atoms with Crippen LogP contribution in [-0.2, 0) is 4.74 Å². The van der Waals surface area contributed by atoms with Crippen LogP contribution >= 0.6 is 0 Å². The minimum absolute atomic E-state index is 0.0769. The van der Waals surface area contributed by atoms with Gasteiger partial charge >= 0.3 is 5.97 Å². The summed E-state index contributed by atoms with van der Waals surface area (Å²) in [6.45, 7) is 1.74. The van der Waals surface area contributed by atoms with Crippen molar-refractivity contribution in [3.8, 4) is 11.5 Å². The predicted molar refractivity (Wildman–Crippen MR) is 90.2 cm³/mol. The number of esters is 1. The molecule has 0 fully saturated rings.